The number of carbonyl (C=O) groups is 5. The Balaban J connectivity index is 1.38. The first kappa shape index (κ1) is 25.8. The number of nitrogens with zero attached hydrogens (tertiary/aromatic N) is 2. The van der Waals surface area contributed by atoms with E-state index in [-0.39, 0.29) is 17.2 Å². The molecule has 11 nitrogen and oxygen atoms in total. The van der Waals surface area contributed by atoms with Crippen molar-refractivity contribution in [2.45, 2.75) is 6.92 Å². The molecule has 0 radical (unpaired) electrons. The summed E-state index contributed by atoms with van der Waals surface area (Å²) in [5, 5.41) is 8.58. The number of urea groups is 1. The molecule has 3 aromatic carbocycles. The lowest BCUT2D eigenvalue weighted by atomic mass is 10.1. The molecular formula is C27H23N5O6. The van der Waals surface area contributed by atoms with Crippen molar-refractivity contribution in [2.75, 3.05) is 17.3 Å². The minimum Gasteiger partial charge on any atom is -0.497 e. The molecule has 1 fully saturated rings. The minimum atomic E-state index is -1.45. The van der Waals surface area contributed by atoms with Crippen LogP contribution in [0.2, 0.25) is 0 Å². The summed E-state index contributed by atoms with van der Waals surface area (Å²) in [5.41, 5.74) is 4.71. The number of barbiturate groups is 1. The second-order valence-electron chi connectivity index (χ2n) is 8.26. The van der Waals surface area contributed by atoms with Crippen LogP contribution in [0.1, 0.15) is 26.3 Å². The third-order valence-electron chi connectivity index (χ3n) is 5.62. The highest BCUT2D eigenvalue weighted by Gasteiger charge is 2.40. The van der Waals surface area contributed by atoms with Crippen LogP contribution in [-0.4, -0.2) is 43.0 Å². The number of hydrazone groups is 1. The maximum absolute atomic E-state index is 12.9. The highest BCUT2D eigenvalue weighted by atomic mass is 16.5. The molecule has 6 amide bonds. The van der Waals surface area contributed by atoms with E-state index >= 15 is 0 Å². The zero-order valence-corrected chi connectivity index (χ0v) is 20.4. The number of hydrogen-bond donors (Lipinski definition) is 3. The van der Waals surface area contributed by atoms with E-state index in [0.29, 0.717) is 17.0 Å². The quantitative estimate of drug-likeness (QED) is 0.252. The molecule has 11 heteroatoms. The minimum absolute atomic E-state index is 0.205. The molecule has 38 heavy (non-hydrogen) atoms. The van der Waals surface area contributed by atoms with Gasteiger partial charge in [0.2, 0.25) is 5.91 Å². The van der Waals surface area contributed by atoms with Gasteiger partial charge in [0.05, 0.1) is 12.8 Å². The van der Waals surface area contributed by atoms with Crippen molar-refractivity contribution in [3.8, 4) is 5.75 Å². The predicted molar refractivity (Wildman–Crippen MR) is 139 cm³/mol. The van der Waals surface area contributed by atoms with E-state index in [1.165, 1.54) is 31.4 Å². The lowest BCUT2D eigenvalue weighted by Crippen LogP contribution is -2.58. The molecule has 0 unspecified atom stereocenters. The lowest BCUT2D eigenvalue weighted by Gasteiger charge is -2.28. The van der Waals surface area contributed by atoms with Gasteiger partial charge in [0.1, 0.15) is 5.75 Å². The molecular weight excluding hydrogens is 490 g/mol. The van der Waals surface area contributed by atoms with E-state index in [2.05, 4.69) is 21.2 Å². The van der Waals surface area contributed by atoms with Crippen LogP contribution < -0.4 is 25.7 Å². The van der Waals surface area contributed by atoms with Crippen LogP contribution in [0.15, 0.2) is 77.9 Å². The van der Waals surface area contributed by atoms with Gasteiger partial charge in [0, 0.05) is 29.1 Å². The highest BCUT2D eigenvalue weighted by Crippen LogP contribution is 2.24. The molecule has 0 bridgehead atoms. The van der Waals surface area contributed by atoms with Crippen molar-refractivity contribution >= 4 is 47.2 Å². The van der Waals surface area contributed by atoms with Gasteiger partial charge in [-0.1, -0.05) is 23.8 Å². The topological polar surface area (TPSA) is 146 Å². The fourth-order valence-corrected chi connectivity index (χ4v) is 3.56. The lowest BCUT2D eigenvalue weighted by molar-refractivity contribution is -0.131. The molecule has 0 spiro atoms. The molecule has 0 saturated carbocycles. The Morgan fingerprint density at radius 3 is 2.29 bits per heavy atom. The van der Waals surface area contributed by atoms with Crippen LogP contribution in [-0.2, 0) is 9.59 Å². The first-order chi connectivity index (χ1) is 18.3. The van der Waals surface area contributed by atoms with Gasteiger partial charge in [-0.05, 0) is 55.5 Å². The predicted octanol–water partition coefficient (Wildman–Crippen LogP) is 2.87. The van der Waals surface area contributed by atoms with Crippen LogP contribution in [0, 0.1) is 12.8 Å². The molecule has 1 aliphatic heterocycles. The number of imide groups is 2. The summed E-state index contributed by atoms with van der Waals surface area (Å²) in [5.74, 6) is -3.63. The maximum Gasteiger partial charge on any atom is 0.335 e. The van der Waals surface area contributed by atoms with Gasteiger partial charge in [-0.15, -0.1) is 0 Å². The molecule has 192 valence electrons. The molecule has 4 rings (SSSR count). The second-order valence-corrected chi connectivity index (χ2v) is 8.26. The summed E-state index contributed by atoms with van der Waals surface area (Å²) in [6.45, 7) is 1.93. The van der Waals surface area contributed by atoms with Gasteiger partial charge in [0.25, 0.3) is 17.7 Å². The Hall–Kier alpha value is -5.32. The number of anilines is 2. The molecule has 3 aromatic rings. The van der Waals surface area contributed by atoms with Crippen molar-refractivity contribution < 1.29 is 28.7 Å². The number of hydrogen-bond acceptors (Lipinski definition) is 7. The first-order valence-electron chi connectivity index (χ1n) is 11.4. The molecule has 0 aromatic heterocycles. The van der Waals surface area contributed by atoms with E-state index in [4.69, 9.17) is 4.74 Å². The molecule has 0 aliphatic carbocycles. The van der Waals surface area contributed by atoms with Crippen molar-refractivity contribution in [3.63, 3.8) is 0 Å². The van der Waals surface area contributed by atoms with Crippen molar-refractivity contribution in [1.29, 1.82) is 0 Å². The number of nitrogens with one attached hydrogen (secondary N) is 3. The Morgan fingerprint density at radius 1 is 0.947 bits per heavy atom. The standard InChI is InChI=1S/C27H23N5O6/c1-16-6-8-17(9-7-16)23(33)29-19-12-10-18(11-13-19)24(34)31-28-15-22-25(35)30-27(37)32(26(22)36)20-4-3-5-21(14-20)38-2/h3-15,22H,1-2H3,(H,29,33)(H,31,34)(H,30,35,37)/b28-15-/t22-/m0/s1. The number of aryl methyl sites for hydroxylation is 1. The molecule has 1 aliphatic rings. The fraction of sp³-hybridized carbons (Fsp3) is 0.111. The van der Waals surface area contributed by atoms with Crippen molar-refractivity contribution in [2.24, 2.45) is 11.0 Å². The highest BCUT2D eigenvalue weighted by molar-refractivity contribution is 6.32. The summed E-state index contributed by atoms with van der Waals surface area (Å²) in [4.78, 5) is 63.1. The third-order valence-corrected chi connectivity index (χ3v) is 5.62. The molecule has 3 N–H and O–H groups in total. The number of methoxy groups -OCH3 is 1. The molecule has 1 heterocycles. The van der Waals surface area contributed by atoms with E-state index in [1.807, 2.05) is 19.1 Å². The summed E-state index contributed by atoms with van der Waals surface area (Å²) in [7, 11) is 1.44. The number of amides is 6. The average Bonchev–Trinajstić information content (AvgIpc) is 2.91. The summed E-state index contributed by atoms with van der Waals surface area (Å²) in [6, 6.07) is 18.5. The van der Waals surface area contributed by atoms with Crippen LogP contribution in [0.4, 0.5) is 16.2 Å². The number of benzene rings is 3. The van der Waals surface area contributed by atoms with Crippen LogP contribution >= 0.6 is 0 Å². The van der Waals surface area contributed by atoms with E-state index in [1.54, 1.807) is 36.4 Å². The van der Waals surface area contributed by atoms with E-state index in [9.17, 15) is 24.0 Å². The fourth-order valence-electron chi connectivity index (χ4n) is 3.56. The van der Waals surface area contributed by atoms with Crippen LogP contribution in [0.25, 0.3) is 0 Å². The summed E-state index contributed by atoms with van der Waals surface area (Å²) >= 11 is 0. The summed E-state index contributed by atoms with van der Waals surface area (Å²) in [6.07, 6.45) is 0.950. The van der Waals surface area contributed by atoms with E-state index < -0.39 is 29.7 Å². The van der Waals surface area contributed by atoms with Gasteiger partial charge in [-0.3, -0.25) is 24.5 Å². The second kappa shape index (κ2) is 11.2. The number of rotatable bonds is 7. The largest absolute Gasteiger partial charge is 0.497 e. The Morgan fingerprint density at radius 2 is 1.61 bits per heavy atom. The van der Waals surface area contributed by atoms with Crippen LogP contribution in [0.5, 0.6) is 5.75 Å². The van der Waals surface area contributed by atoms with Gasteiger partial charge < -0.3 is 10.1 Å². The van der Waals surface area contributed by atoms with E-state index in [0.717, 1.165) is 16.7 Å². The zero-order valence-electron chi connectivity index (χ0n) is 20.4. The third kappa shape index (κ3) is 5.73. The molecule has 1 atom stereocenters. The Bertz CT molecular complexity index is 1430. The van der Waals surface area contributed by atoms with Gasteiger partial charge in [0.15, 0.2) is 5.92 Å². The number of ether oxygens (including phenoxy) is 1. The van der Waals surface area contributed by atoms with Gasteiger partial charge >= 0.3 is 6.03 Å². The van der Waals surface area contributed by atoms with Crippen LogP contribution in [0.3, 0.4) is 0 Å². The zero-order chi connectivity index (χ0) is 27.2. The van der Waals surface area contributed by atoms with Gasteiger partial charge in [-0.25, -0.2) is 15.1 Å². The first-order valence-corrected chi connectivity index (χ1v) is 11.4. The van der Waals surface area contributed by atoms with Crippen molar-refractivity contribution in [3.05, 3.63) is 89.5 Å². The molecule has 1 saturated heterocycles. The van der Waals surface area contributed by atoms with Gasteiger partial charge in [-0.2, -0.15) is 5.10 Å². The van der Waals surface area contributed by atoms with Crippen molar-refractivity contribution in [1.82, 2.24) is 10.7 Å². The SMILES string of the molecule is COc1cccc(N2C(=O)NC(=O)[C@H](/C=N\NC(=O)c3ccc(NC(=O)c4ccc(C)cc4)cc3)C2=O)c1. The average molecular weight is 514 g/mol. The number of carbonyl (C=O) groups excluding carboxylic acids is 5. The monoisotopic (exact) mass is 513 g/mol. The summed E-state index contributed by atoms with van der Waals surface area (Å²) < 4.78 is 5.12. The maximum atomic E-state index is 12.9. The smallest absolute Gasteiger partial charge is 0.335 e. The normalized spacial score (nSPS) is 15.3. The Labute approximate surface area is 217 Å². The Kier molecular flexibility index (Phi) is 7.57.